The molecule has 21 heavy (non-hydrogen) atoms. The first-order valence-corrected chi connectivity index (χ1v) is 8.04. The van der Waals surface area contributed by atoms with Gasteiger partial charge in [-0.2, -0.15) is 14.5 Å². The van der Waals surface area contributed by atoms with Crippen LogP contribution in [-0.2, 0) is 30.2 Å². The van der Waals surface area contributed by atoms with Crippen molar-refractivity contribution >= 4 is 10.0 Å². The van der Waals surface area contributed by atoms with Crippen LogP contribution >= 0.6 is 0 Å². The Morgan fingerprint density at radius 3 is 2.67 bits per heavy atom. The molecule has 2 rings (SSSR count). The summed E-state index contributed by atoms with van der Waals surface area (Å²) in [7, 11) is -0.218. The molecule has 2 aromatic heterocycles. The van der Waals surface area contributed by atoms with Crippen molar-refractivity contribution in [1.82, 2.24) is 23.9 Å². The second kappa shape index (κ2) is 6.37. The third kappa shape index (κ3) is 3.69. The number of aromatic nitrogens is 4. The van der Waals surface area contributed by atoms with Crippen LogP contribution in [0.15, 0.2) is 29.7 Å². The van der Waals surface area contributed by atoms with Crippen LogP contribution in [0.2, 0.25) is 0 Å². The number of nitrogens with zero attached hydrogens (tertiary/aromatic N) is 5. The molecule has 0 aliphatic heterocycles. The number of rotatable bonds is 7. The average Bonchev–Trinajstić information content (AvgIpc) is 3.06. The van der Waals surface area contributed by atoms with E-state index in [0.717, 1.165) is 12.0 Å². The number of sulfonamides is 1. The molecule has 0 aliphatic carbocycles. The molecule has 0 unspecified atom stereocenters. The summed E-state index contributed by atoms with van der Waals surface area (Å²) in [5.41, 5.74) is 6.26. The van der Waals surface area contributed by atoms with Gasteiger partial charge < -0.3 is 5.73 Å². The zero-order valence-corrected chi connectivity index (χ0v) is 13.0. The van der Waals surface area contributed by atoms with E-state index in [1.54, 1.807) is 35.9 Å². The summed E-state index contributed by atoms with van der Waals surface area (Å²) in [6.07, 6.45) is 7.09. The zero-order chi connectivity index (χ0) is 15.5. The minimum Gasteiger partial charge on any atom is -0.330 e. The molecule has 0 amide bonds. The lowest BCUT2D eigenvalue weighted by Gasteiger charge is -2.14. The lowest BCUT2D eigenvalue weighted by Crippen LogP contribution is -2.26. The van der Waals surface area contributed by atoms with E-state index in [1.165, 1.54) is 16.7 Å². The van der Waals surface area contributed by atoms with Crippen LogP contribution in [0.1, 0.15) is 12.0 Å². The average molecular weight is 312 g/mol. The van der Waals surface area contributed by atoms with Crippen LogP contribution < -0.4 is 5.73 Å². The van der Waals surface area contributed by atoms with Crippen molar-refractivity contribution in [2.24, 2.45) is 12.8 Å². The van der Waals surface area contributed by atoms with E-state index in [2.05, 4.69) is 10.2 Å². The maximum Gasteiger partial charge on any atom is 0.246 e. The van der Waals surface area contributed by atoms with E-state index in [-0.39, 0.29) is 11.4 Å². The second-order valence-corrected chi connectivity index (χ2v) is 6.91. The quantitative estimate of drug-likeness (QED) is 0.762. The van der Waals surface area contributed by atoms with Crippen LogP contribution in [-0.4, -0.2) is 45.9 Å². The Morgan fingerprint density at radius 1 is 1.29 bits per heavy atom. The van der Waals surface area contributed by atoms with E-state index < -0.39 is 10.0 Å². The maximum absolute atomic E-state index is 12.5. The Morgan fingerprint density at radius 2 is 2.05 bits per heavy atom. The fourth-order valence-corrected chi connectivity index (χ4v) is 3.04. The van der Waals surface area contributed by atoms with Gasteiger partial charge in [0.25, 0.3) is 0 Å². The van der Waals surface area contributed by atoms with Gasteiger partial charge in [-0.25, -0.2) is 8.42 Å². The maximum atomic E-state index is 12.5. The van der Waals surface area contributed by atoms with Crippen LogP contribution in [0, 0.1) is 0 Å². The first-order valence-electron chi connectivity index (χ1n) is 6.60. The van der Waals surface area contributed by atoms with Gasteiger partial charge in [0.1, 0.15) is 4.90 Å². The number of hydrogen-bond acceptors (Lipinski definition) is 5. The highest BCUT2D eigenvalue weighted by atomic mass is 32.2. The summed E-state index contributed by atoms with van der Waals surface area (Å²) < 4.78 is 29.4. The van der Waals surface area contributed by atoms with Crippen molar-refractivity contribution in [2.75, 3.05) is 13.6 Å². The third-order valence-electron chi connectivity index (χ3n) is 3.07. The van der Waals surface area contributed by atoms with E-state index in [4.69, 9.17) is 5.73 Å². The van der Waals surface area contributed by atoms with Gasteiger partial charge >= 0.3 is 0 Å². The van der Waals surface area contributed by atoms with Gasteiger partial charge in [-0.15, -0.1) is 0 Å². The molecule has 0 spiro atoms. The van der Waals surface area contributed by atoms with Crippen LogP contribution in [0.3, 0.4) is 0 Å². The van der Waals surface area contributed by atoms with Gasteiger partial charge in [0.05, 0.1) is 12.4 Å². The molecule has 2 N–H and O–H groups in total. The molecule has 0 saturated carbocycles. The molecule has 0 bridgehead atoms. The van der Waals surface area contributed by atoms with Crippen LogP contribution in [0.25, 0.3) is 0 Å². The van der Waals surface area contributed by atoms with Crippen molar-refractivity contribution in [3.05, 3.63) is 30.4 Å². The minimum absolute atomic E-state index is 0.186. The minimum atomic E-state index is -3.55. The fraction of sp³-hybridized carbons (Fsp3) is 0.500. The van der Waals surface area contributed by atoms with E-state index >= 15 is 0 Å². The smallest absolute Gasteiger partial charge is 0.246 e. The molecule has 0 fully saturated rings. The first kappa shape index (κ1) is 15.7. The summed E-state index contributed by atoms with van der Waals surface area (Å²) in [4.78, 5) is 0.186. The zero-order valence-electron chi connectivity index (χ0n) is 12.2. The Balaban J connectivity index is 2.11. The standard InChI is InChI=1S/C12H20N6O2S/c1-16-8-11(6-14-16)9-17(2)21(19,20)12-7-15-18(10-12)5-3-4-13/h6-8,10H,3-5,9,13H2,1-2H3. The topological polar surface area (TPSA) is 99.0 Å². The van der Waals surface area contributed by atoms with Gasteiger partial charge in [0, 0.05) is 45.1 Å². The molecule has 2 aromatic rings. The van der Waals surface area contributed by atoms with E-state index in [0.29, 0.717) is 13.1 Å². The molecular weight excluding hydrogens is 292 g/mol. The Hall–Kier alpha value is -1.71. The number of nitrogens with two attached hydrogens (primary N) is 1. The van der Waals surface area contributed by atoms with Gasteiger partial charge in [-0.1, -0.05) is 0 Å². The first-order chi connectivity index (χ1) is 9.93. The monoisotopic (exact) mass is 312 g/mol. The molecular formula is C12H20N6O2S. The van der Waals surface area contributed by atoms with Gasteiger partial charge in [0.2, 0.25) is 10.0 Å². The Labute approximate surface area is 124 Å². The molecule has 0 aliphatic rings. The second-order valence-electron chi connectivity index (χ2n) is 4.86. The molecule has 8 nitrogen and oxygen atoms in total. The highest BCUT2D eigenvalue weighted by molar-refractivity contribution is 7.89. The molecule has 9 heteroatoms. The lowest BCUT2D eigenvalue weighted by molar-refractivity contribution is 0.466. The predicted molar refractivity (Wildman–Crippen MR) is 77.8 cm³/mol. The van der Waals surface area contributed by atoms with Crippen LogP contribution in [0.5, 0.6) is 0 Å². The third-order valence-corrected chi connectivity index (χ3v) is 4.83. The molecule has 2 heterocycles. The number of hydrogen-bond donors (Lipinski definition) is 1. The van der Waals surface area contributed by atoms with Crippen molar-refractivity contribution in [3.8, 4) is 0 Å². The van der Waals surface area contributed by atoms with Crippen molar-refractivity contribution < 1.29 is 8.42 Å². The van der Waals surface area contributed by atoms with Crippen molar-refractivity contribution in [3.63, 3.8) is 0 Å². The summed E-state index contributed by atoms with van der Waals surface area (Å²) >= 11 is 0. The largest absolute Gasteiger partial charge is 0.330 e. The highest BCUT2D eigenvalue weighted by Gasteiger charge is 2.23. The van der Waals surface area contributed by atoms with Gasteiger partial charge in [-0.05, 0) is 13.0 Å². The summed E-state index contributed by atoms with van der Waals surface area (Å²) in [6.45, 7) is 1.42. The van der Waals surface area contributed by atoms with Crippen molar-refractivity contribution in [2.45, 2.75) is 24.4 Å². The predicted octanol–water partition coefficient (Wildman–Crippen LogP) is -0.214. The summed E-state index contributed by atoms with van der Waals surface area (Å²) in [5.74, 6) is 0. The molecule has 0 radical (unpaired) electrons. The molecule has 0 aromatic carbocycles. The SMILES string of the molecule is CN(Cc1cnn(C)c1)S(=O)(=O)c1cnn(CCCN)c1. The summed E-state index contributed by atoms with van der Waals surface area (Å²) in [6, 6.07) is 0. The van der Waals surface area contributed by atoms with Gasteiger partial charge in [0.15, 0.2) is 0 Å². The summed E-state index contributed by atoms with van der Waals surface area (Å²) in [5, 5.41) is 8.08. The molecule has 0 atom stereocenters. The van der Waals surface area contributed by atoms with Crippen molar-refractivity contribution in [1.29, 1.82) is 0 Å². The Bertz CT molecular complexity index is 690. The molecule has 0 saturated heterocycles. The normalized spacial score (nSPS) is 12.2. The Kier molecular flexibility index (Phi) is 4.76. The fourth-order valence-electron chi connectivity index (χ4n) is 1.93. The highest BCUT2D eigenvalue weighted by Crippen LogP contribution is 2.15. The number of aryl methyl sites for hydroxylation is 2. The van der Waals surface area contributed by atoms with Gasteiger partial charge in [-0.3, -0.25) is 9.36 Å². The molecule has 116 valence electrons. The lowest BCUT2D eigenvalue weighted by atomic mass is 10.4. The van der Waals surface area contributed by atoms with E-state index in [9.17, 15) is 8.42 Å². The van der Waals surface area contributed by atoms with Crippen LogP contribution in [0.4, 0.5) is 0 Å². The van der Waals surface area contributed by atoms with E-state index in [1.807, 2.05) is 0 Å².